The standard InChI is InChI=1S/C18H18F2N4.ClH.H2O/c1-10-4-12(18-22-9-17-15(24-18)2-3-21-17)7-16(23-10)11-5-13(19)8-14(20)6-11;;/h2-3,5-6,8-10,12,16,21,23H,4,7H2,1H3;1H;1H2. The molecule has 3 heterocycles. The van der Waals surface area contributed by atoms with Crippen LogP contribution in [0.25, 0.3) is 11.0 Å². The van der Waals surface area contributed by atoms with Gasteiger partial charge < -0.3 is 15.8 Å². The van der Waals surface area contributed by atoms with Gasteiger partial charge in [-0.25, -0.2) is 18.7 Å². The lowest BCUT2D eigenvalue weighted by molar-refractivity contribution is 0.299. The summed E-state index contributed by atoms with van der Waals surface area (Å²) in [6.45, 7) is 2.07. The van der Waals surface area contributed by atoms with E-state index >= 15 is 0 Å². The van der Waals surface area contributed by atoms with Gasteiger partial charge >= 0.3 is 0 Å². The summed E-state index contributed by atoms with van der Waals surface area (Å²) in [4.78, 5) is 12.2. The van der Waals surface area contributed by atoms with E-state index in [-0.39, 0.29) is 35.9 Å². The number of H-pyrrole nitrogens is 1. The number of benzene rings is 1. The first kappa shape index (κ1) is 20.2. The van der Waals surface area contributed by atoms with Crippen molar-refractivity contribution in [1.29, 1.82) is 0 Å². The van der Waals surface area contributed by atoms with Gasteiger partial charge in [0, 0.05) is 30.3 Å². The summed E-state index contributed by atoms with van der Waals surface area (Å²) in [7, 11) is 0. The van der Waals surface area contributed by atoms with E-state index in [1.54, 1.807) is 6.20 Å². The van der Waals surface area contributed by atoms with Gasteiger partial charge in [0.25, 0.3) is 0 Å². The summed E-state index contributed by atoms with van der Waals surface area (Å²) >= 11 is 0. The lowest BCUT2D eigenvalue weighted by Crippen LogP contribution is -2.38. The summed E-state index contributed by atoms with van der Waals surface area (Å²) in [5.41, 5.74) is 2.43. The monoisotopic (exact) mass is 382 g/mol. The molecule has 0 aliphatic carbocycles. The van der Waals surface area contributed by atoms with Crippen molar-refractivity contribution in [3.8, 4) is 0 Å². The maximum atomic E-state index is 13.5. The van der Waals surface area contributed by atoms with Crippen LogP contribution in [0.2, 0.25) is 0 Å². The van der Waals surface area contributed by atoms with E-state index in [9.17, 15) is 8.78 Å². The van der Waals surface area contributed by atoms with E-state index in [1.807, 2.05) is 12.3 Å². The number of halogens is 3. The van der Waals surface area contributed by atoms with Gasteiger partial charge in [-0.3, -0.25) is 0 Å². The van der Waals surface area contributed by atoms with Crippen LogP contribution in [0.3, 0.4) is 0 Å². The number of aromatic amines is 1. The van der Waals surface area contributed by atoms with Crippen LogP contribution in [0, 0.1) is 11.6 Å². The van der Waals surface area contributed by atoms with E-state index in [4.69, 9.17) is 0 Å². The molecule has 1 aliphatic rings. The molecule has 140 valence electrons. The zero-order valence-corrected chi connectivity index (χ0v) is 15.0. The topological polar surface area (TPSA) is 85.1 Å². The molecule has 0 amide bonds. The van der Waals surface area contributed by atoms with Crippen molar-refractivity contribution in [2.45, 2.75) is 37.8 Å². The van der Waals surface area contributed by atoms with Gasteiger partial charge in [0.1, 0.15) is 17.5 Å². The van der Waals surface area contributed by atoms with Crippen molar-refractivity contribution in [2.75, 3.05) is 0 Å². The van der Waals surface area contributed by atoms with Crippen LogP contribution >= 0.6 is 12.4 Å². The van der Waals surface area contributed by atoms with E-state index in [0.29, 0.717) is 12.0 Å². The predicted molar refractivity (Wildman–Crippen MR) is 98.4 cm³/mol. The third-order valence-electron chi connectivity index (χ3n) is 4.61. The predicted octanol–water partition coefficient (Wildman–Crippen LogP) is 3.43. The Morgan fingerprint density at radius 1 is 1.12 bits per heavy atom. The third-order valence-corrected chi connectivity index (χ3v) is 4.61. The van der Waals surface area contributed by atoms with Gasteiger partial charge in [-0.1, -0.05) is 0 Å². The van der Waals surface area contributed by atoms with Crippen LogP contribution in [0.4, 0.5) is 8.78 Å². The Balaban J connectivity index is 0.00000121. The molecule has 5 nitrogen and oxygen atoms in total. The molecule has 1 aromatic carbocycles. The molecule has 0 spiro atoms. The average Bonchev–Trinajstić information content (AvgIpc) is 3.01. The molecule has 3 unspecified atom stereocenters. The van der Waals surface area contributed by atoms with Gasteiger partial charge in [-0.15, -0.1) is 12.4 Å². The van der Waals surface area contributed by atoms with E-state index in [0.717, 1.165) is 29.3 Å². The minimum absolute atomic E-state index is 0. The highest BCUT2D eigenvalue weighted by Crippen LogP contribution is 2.35. The van der Waals surface area contributed by atoms with Crippen molar-refractivity contribution in [1.82, 2.24) is 20.3 Å². The van der Waals surface area contributed by atoms with Crippen molar-refractivity contribution in [3.05, 3.63) is 59.7 Å². The summed E-state index contributed by atoms with van der Waals surface area (Å²) in [5, 5.41) is 3.42. The summed E-state index contributed by atoms with van der Waals surface area (Å²) in [6.07, 6.45) is 5.24. The molecule has 1 saturated heterocycles. The minimum atomic E-state index is -0.549. The highest BCUT2D eigenvalue weighted by molar-refractivity contribution is 5.85. The number of fused-ring (bicyclic) bond motifs is 1. The maximum Gasteiger partial charge on any atom is 0.132 e. The van der Waals surface area contributed by atoms with Crippen molar-refractivity contribution < 1.29 is 14.3 Å². The average molecular weight is 383 g/mol. The maximum absolute atomic E-state index is 13.5. The summed E-state index contributed by atoms with van der Waals surface area (Å²) < 4.78 is 27.1. The summed E-state index contributed by atoms with van der Waals surface area (Å²) in [5.74, 6) is -0.160. The quantitative estimate of drug-likeness (QED) is 0.712. The fourth-order valence-corrected chi connectivity index (χ4v) is 3.56. The van der Waals surface area contributed by atoms with Gasteiger partial charge in [-0.2, -0.15) is 0 Å². The number of aromatic nitrogens is 3. The smallest absolute Gasteiger partial charge is 0.132 e. The van der Waals surface area contributed by atoms with Crippen molar-refractivity contribution >= 4 is 23.4 Å². The molecule has 1 aliphatic heterocycles. The zero-order chi connectivity index (χ0) is 16.7. The van der Waals surface area contributed by atoms with Gasteiger partial charge in [0.15, 0.2) is 0 Å². The van der Waals surface area contributed by atoms with Crippen molar-refractivity contribution in [2.24, 2.45) is 0 Å². The Morgan fingerprint density at radius 3 is 2.58 bits per heavy atom. The molecule has 26 heavy (non-hydrogen) atoms. The van der Waals surface area contributed by atoms with Gasteiger partial charge in [0.05, 0.1) is 17.2 Å². The molecular weight excluding hydrogens is 362 g/mol. The molecule has 8 heteroatoms. The normalized spacial score (nSPS) is 22.5. The largest absolute Gasteiger partial charge is 0.412 e. The van der Waals surface area contributed by atoms with Crippen LogP contribution in [-0.2, 0) is 0 Å². The lowest BCUT2D eigenvalue weighted by Gasteiger charge is -2.34. The lowest BCUT2D eigenvalue weighted by atomic mass is 9.85. The third kappa shape index (κ3) is 4.00. The molecule has 0 saturated carbocycles. The van der Waals surface area contributed by atoms with Crippen molar-refractivity contribution in [3.63, 3.8) is 0 Å². The number of piperidine rings is 1. The summed E-state index contributed by atoms with van der Waals surface area (Å²) in [6, 6.07) is 5.71. The number of nitrogens with one attached hydrogen (secondary N) is 2. The Bertz CT molecular complexity index is 868. The molecule has 0 radical (unpaired) electrons. The Hall–Kier alpha value is -2.09. The molecule has 2 aromatic heterocycles. The molecule has 1 fully saturated rings. The van der Waals surface area contributed by atoms with Crippen LogP contribution in [-0.4, -0.2) is 26.5 Å². The Labute approximate surface area is 156 Å². The molecule has 3 aromatic rings. The fourth-order valence-electron chi connectivity index (χ4n) is 3.56. The van der Waals surface area contributed by atoms with Crippen LogP contribution in [0.1, 0.15) is 43.1 Å². The number of rotatable bonds is 2. The number of nitrogens with zero attached hydrogens (tertiary/aromatic N) is 2. The first-order valence-electron chi connectivity index (χ1n) is 8.10. The van der Waals surface area contributed by atoms with Crippen LogP contribution in [0.15, 0.2) is 36.7 Å². The van der Waals surface area contributed by atoms with E-state index in [1.165, 1.54) is 12.1 Å². The van der Waals surface area contributed by atoms with Gasteiger partial charge in [-0.05, 0) is 43.5 Å². The molecular formula is C18H21ClF2N4O. The highest BCUT2D eigenvalue weighted by atomic mass is 35.5. The molecule has 0 bridgehead atoms. The Kier molecular flexibility index (Phi) is 6.28. The molecule has 3 atom stereocenters. The number of hydrogen-bond acceptors (Lipinski definition) is 3. The second-order valence-corrected chi connectivity index (χ2v) is 6.50. The second-order valence-electron chi connectivity index (χ2n) is 6.50. The fraction of sp³-hybridized carbons (Fsp3) is 0.333. The Morgan fingerprint density at radius 2 is 1.85 bits per heavy atom. The molecule has 4 rings (SSSR count). The minimum Gasteiger partial charge on any atom is -0.412 e. The first-order valence-corrected chi connectivity index (χ1v) is 8.10. The van der Waals surface area contributed by atoms with E-state index < -0.39 is 11.6 Å². The van der Waals surface area contributed by atoms with E-state index in [2.05, 4.69) is 27.2 Å². The van der Waals surface area contributed by atoms with Crippen LogP contribution < -0.4 is 5.32 Å². The number of hydrogen-bond donors (Lipinski definition) is 2. The highest BCUT2D eigenvalue weighted by Gasteiger charge is 2.30. The van der Waals surface area contributed by atoms with Crippen LogP contribution in [0.5, 0.6) is 0 Å². The molecule has 4 N–H and O–H groups in total. The van der Waals surface area contributed by atoms with Gasteiger partial charge in [0.2, 0.25) is 0 Å². The SMILES string of the molecule is CC1CC(c2ncc3[nH]ccc3n2)CC(c2cc(F)cc(F)c2)N1.Cl.O. The second kappa shape index (κ2) is 8.07. The zero-order valence-electron chi connectivity index (χ0n) is 14.2. The first-order chi connectivity index (χ1) is 11.6.